The van der Waals surface area contributed by atoms with Gasteiger partial charge in [0.2, 0.25) is 0 Å². The van der Waals surface area contributed by atoms with Crippen LogP contribution in [0.1, 0.15) is 24.3 Å². The van der Waals surface area contributed by atoms with Gasteiger partial charge in [-0.1, -0.05) is 18.2 Å². The predicted molar refractivity (Wildman–Crippen MR) is 92.8 cm³/mol. The molecule has 0 bridgehead atoms. The van der Waals surface area contributed by atoms with Crippen molar-refractivity contribution in [3.8, 4) is 5.75 Å². The average molecular weight is 324 g/mol. The molecule has 0 radical (unpaired) electrons. The van der Waals surface area contributed by atoms with Gasteiger partial charge < -0.3 is 9.64 Å². The maximum atomic E-state index is 6.08. The number of benzene rings is 1. The number of rotatable bonds is 5. The number of hydrogen-bond acceptors (Lipinski definition) is 5. The third-order valence-electron chi connectivity index (χ3n) is 3.48. The van der Waals surface area contributed by atoms with Crippen LogP contribution in [-0.4, -0.2) is 44.9 Å². The quantitative estimate of drug-likeness (QED) is 0.533. The summed E-state index contributed by atoms with van der Waals surface area (Å²) in [6.45, 7) is 4.00. The van der Waals surface area contributed by atoms with Crippen LogP contribution in [0, 0.1) is 6.92 Å². The molecule has 0 aliphatic heterocycles. The topological polar surface area (TPSA) is 67.9 Å². The van der Waals surface area contributed by atoms with E-state index in [1.165, 1.54) is 0 Å². The van der Waals surface area contributed by atoms with Gasteiger partial charge in [-0.3, -0.25) is 0 Å². The molecule has 3 rings (SSSR count). The Bertz CT molecular complexity index is 870. The zero-order valence-electron chi connectivity index (χ0n) is 14.2. The number of aromatic nitrogens is 4. The van der Waals surface area contributed by atoms with Crippen LogP contribution in [0.3, 0.4) is 0 Å². The summed E-state index contributed by atoms with van der Waals surface area (Å²) in [7, 11) is 3.78. The Morgan fingerprint density at radius 3 is 2.79 bits per heavy atom. The molecule has 124 valence electrons. The van der Waals surface area contributed by atoms with E-state index in [4.69, 9.17) is 4.74 Å². The first kappa shape index (κ1) is 15.9. The lowest BCUT2D eigenvalue weighted by molar-refractivity contribution is 0.217. The number of nitrogens with zero attached hydrogens (tertiary/aromatic N) is 6. The highest BCUT2D eigenvalue weighted by molar-refractivity contribution is 5.58. The molecule has 0 saturated carbocycles. The molecule has 0 spiro atoms. The highest BCUT2D eigenvalue weighted by Gasteiger charge is 2.15. The van der Waals surface area contributed by atoms with E-state index in [-0.39, 0.29) is 6.10 Å². The summed E-state index contributed by atoms with van der Waals surface area (Å²) in [6.07, 6.45) is 3.15. The molecule has 1 unspecified atom stereocenters. The lowest BCUT2D eigenvalue weighted by Gasteiger charge is -2.16. The highest BCUT2D eigenvalue weighted by atomic mass is 16.5. The number of aliphatic imine (C=N–C) groups is 1. The van der Waals surface area contributed by atoms with E-state index in [9.17, 15) is 0 Å². The van der Waals surface area contributed by atoms with Gasteiger partial charge in [0.25, 0.3) is 11.7 Å². The van der Waals surface area contributed by atoms with E-state index in [0.29, 0.717) is 11.7 Å². The van der Waals surface area contributed by atoms with Crippen molar-refractivity contribution >= 4 is 18.1 Å². The van der Waals surface area contributed by atoms with Crippen LogP contribution in [0.4, 0.5) is 5.95 Å². The van der Waals surface area contributed by atoms with Gasteiger partial charge in [0, 0.05) is 20.3 Å². The maximum Gasteiger partial charge on any atom is 0.272 e. The Balaban J connectivity index is 1.92. The zero-order chi connectivity index (χ0) is 17.1. The van der Waals surface area contributed by atoms with Gasteiger partial charge in [-0.15, -0.1) is 5.10 Å². The van der Waals surface area contributed by atoms with Crippen LogP contribution >= 0.6 is 0 Å². The Kier molecular flexibility index (Phi) is 4.41. The SMILES string of the molecule is Cc1ccccc1OC(C)c1ccnc2nc(N=CN(C)C)nn12. The lowest BCUT2D eigenvalue weighted by atomic mass is 10.2. The second kappa shape index (κ2) is 6.66. The summed E-state index contributed by atoms with van der Waals surface area (Å²) in [5, 5.41) is 4.41. The van der Waals surface area contributed by atoms with Gasteiger partial charge >= 0.3 is 0 Å². The van der Waals surface area contributed by atoms with E-state index < -0.39 is 0 Å². The normalized spacial score (nSPS) is 12.7. The van der Waals surface area contributed by atoms with E-state index in [1.54, 1.807) is 17.1 Å². The molecule has 7 nitrogen and oxygen atoms in total. The lowest BCUT2D eigenvalue weighted by Crippen LogP contribution is -2.10. The molecule has 0 N–H and O–H groups in total. The van der Waals surface area contributed by atoms with Crippen LogP contribution in [-0.2, 0) is 0 Å². The first-order chi connectivity index (χ1) is 11.5. The Morgan fingerprint density at radius 1 is 1.25 bits per heavy atom. The third-order valence-corrected chi connectivity index (χ3v) is 3.48. The molecular weight excluding hydrogens is 304 g/mol. The van der Waals surface area contributed by atoms with Crippen molar-refractivity contribution in [3.63, 3.8) is 0 Å². The summed E-state index contributed by atoms with van der Waals surface area (Å²) >= 11 is 0. The Hall–Kier alpha value is -2.96. The molecule has 2 heterocycles. The fourth-order valence-corrected chi connectivity index (χ4v) is 2.27. The number of aryl methyl sites for hydroxylation is 1. The van der Waals surface area contributed by atoms with Crippen molar-refractivity contribution in [1.82, 2.24) is 24.5 Å². The minimum atomic E-state index is -0.205. The average Bonchev–Trinajstić information content (AvgIpc) is 2.98. The first-order valence-corrected chi connectivity index (χ1v) is 7.69. The number of para-hydroxylation sites is 1. The molecule has 1 atom stereocenters. The molecule has 1 aromatic carbocycles. The van der Waals surface area contributed by atoms with Crippen LogP contribution < -0.4 is 4.74 Å². The van der Waals surface area contributed by atoms with Gasteiger partial charge in [0.15, 0.2) is 0 Å². The zero-order valence-corrected chi connectivity index (χ0v) is 14.2. The first-order valence-electron chi connectivity index (χ1n) is 7.69. The van der Waals surface area contributed by atoms with Crippen molar-refractivity contribution in [2.75, 3.05) is 14.1 Å². The summed E-state index contributed by atoms with van der Waals surface area (Å²) in [5.74, 6) is 1.71. The third kappa shape index (κ3) is 3.34. The minimum absolute atomic E-state index is 0.205. The smallest absolute Gasteiger partial charge is 0.272 e. The van der Waals surface area contributed by atoms with Crippen LogP contribution in [0.5, 0.6) is 5.75 Å². The monoisotopic (exact) mass is 324 g/mol. The van der Waals surface area contributed by atoms with Gasteiger partial charge in [-0.2, -0.15) is 9.50 Å². The maximum absolute atomic E-state index is 6.08. The molecule has 24 heavy (non-hydrogen) atoms. The van der Waals surface area contributed by atoms with Gasteiger partial charge in [0.05, 0.1) is 12.0 Å². The van der Waals surface area contributed by atoms with Crippen LogP contribution in [0.25, 0.3) is 5.78 Å². The second-order valence-corrected chi connectivity index (χ2v) is 5.73. The van der Waals surface area contributed by atoms with Crippen LogP contribution in [0.15, 0.2) is 41.5 Å². The Morgan fingerprint density at radius 2 is 2.04 bits per heavy atom. The van der Waals surface area contributed by atoms with Crippen molar-refractivity contribution in [2.24, 2.45) is 4.99 Å². The van der Waals surface area contributed by atoms with Crippen molar-refractivity contribution in [1.29, 1.82) is 0 Å². The fraction of sp³-hybridized carbons (Fsp3) is 0.294. The Labute approximate surface area is 140 Å². The van der Waals surface area contributed by atoms with E-state index in [1.807, 2.05) is 63.2 Å². The molecule has 3 aromatic rings. The number of fused-ring (bicyclic) bond motifs is 1. The molecular formula is C17H20N6O. The summed E-state index contributed by atoms with van der Waals surface area (Å²) in [6, 6.07) is 9.81. The van der Waals surface area contributed by atoms with Crippen LogP contribution in [0.2, 0.25) is 0 Å². The largest absolute Gasteiger partial charge is 0.484 e. The molecule has 0 saturated heterocycles. The van der Waals surface area contributed by atoms with E-state index >= 15 is 0 Å². The molecule has 7 heteroatoms. The minimum Gasteiger partial charge on any atom is -0.484 e. The molecule has 0 aliphatic carbocycles. The summed E-state index contributed by atoms with van der Waals surface area (Å²) in [5.41, 5.74) is 1.95. The molecule has 0 fully saturated rings. The van der Waals surface area contributed by atoms with Gasteiger partial charge in [-0.05, 0) is 31.5 Å². The standard InChI is InChI=1S/C17H20N6O/c1-12-7-5-6-8-15(12)24-13(2)14-9-10-18-17-20-16(21-23(14)17)19-11-22(3)4/h5-11,13H,1-4H3. The summed E-state index contributed by atoms with van der Waals surface area (Å²) in [4.78, 5) is 14.6. The van der Waals surface area contributed by atoms with Crippen molar-refractivity contribution in [3.05, 3.63) is 47.8 Å². The molecule has 0 amide bonds. The summed E-state index contributed by atoms with van der Waals surface area (Å²) < 4.78 is 7.76. The number of hydrogen-bond donors (Lipinski definition) is 0. The van der Waals surface area contributed by atoms with Gasteiger partial charge in [0.1, 0.15) is 11.9 Å². The molecule has 0 aliphatic rings. The molecule has 2 aromatic heterocycles. The highest BCUT2D eigenvalue weighted by Crippen LogP contribution is 2.24. The predicted octanol–water partition coefficient (Wildman–Crippen LogP) is 2.79. The second-order valence-electron chi connectivity index (χ2n) is 5.73. The van der Waals surface area contributed by atoms with Crippen molar-refractivity contribution < 1.29 is 4.74 Å². The van der Waals surface area contributed by atoms with E-state index in [0.717, 1.165) is 17.0 Å². The van der Waals surface area contributed by atoms with Gasteiger partial charge in [-0.25, -0.2) is 9.98 Å². The van der Waals surface area contributed by atoms with E-state index in [2.05, 4.69) is 20.1 Å². The fourth-order valence-electron chi connectivity index (χ4n) is 2.27. The number of ether oxygens (including phenoxy) is 1. The van der Waals surface area contributed by atoms with Crippen molar-refractivity contribution in [2.45, 2.75) is 20.0 Å².